The molecular weight excluding hydrogens is 308 g/mol. The minimum atomic E-state index is 0.459. The van der Waals surface area contributed by atoms with Crippen molar-refractivity contribution in [3.63, 3.8) is 0 Å². The van der Waals surface area contributed by atoms with Crippen LogP contribution in [0, 0.1) is 5.92 Å². The van der Waals surface area contributed by atoms with Gasteiger partial charge < -0.3 is 4.84 Å². The number of oxime groups is 1. The third kappa shape index (κ3) is 3.73. The number of aromatic nitrogens is 1. The molecule has 0 atom stereocenters. The number of nitrogens with zero attached hydrogens (tertiary/aromatic N) is 2. The van der Waals surface area contributed by atoms with Gasteiger partial charge in [0, 0.05) is 34.3 Å². The zero-order chi connectivity index (χ0) is 15.6. The van der Waals surface area contributed by atoms with Crippen molar-refractivity contribution in [2.24, 2.45) is 11.1 Å². The lowest BCUT2D eigenvalue weighted by Gasteiger charge is -2.07. The van der Waals surface area contributed by atoms with E-state index in [4.69, 9.17) is 16.4 Å². The lowest BCUT2D eigenvalue weighted by molar-refractivity contribution is 0.130. The minimum absolute atomic E-state index is 0.459. The molecule has 2 fully saturated rings. The second kappa shape index (κ2) is 6.32. The summed E-state index contributed by atoms with van der Waals surface area (Å²) in [6.45, 7) is 0.459. The molecule has 0 N–H and O–H groups in total. The normalized spacial score (nSPS) is 18.0. The first-order valence-electron chi connectivity index (χ1n) is 8.20. The molecule has 3 nitrogen and oxygen atoms in total. The molecule has 118 valence electrons. The van der Waals surface area contributed by atoms with Crippen molar-refractivity contribution in [2.75, 3.05) is 0 Å². The maximum absolute atomic E-state index is 5.89. The zero-order valence-electron chi connectivity index (χ0n) is 12.9. The average molecular weight is 327 g/mol. The molecule has 2 aromatic rings. The number of rotatable bonds is 6. The van der Waals surface area contributed by atoms with Gasteiger partial charge in [0.1, 0.15) is 6.61 Å². The molecule has 0 saturated heterocycles. The smallest absolute Gasteiger partial charge is 0.142 e. The summed E-state index contributed by atoms with van der Waals surface area (Å²) in [6, 6.07) is 11.9. The van der Waals surface area contributed by atoms with Gasteiger partial charge in [-0.2, -0.15) is 0 Å². The highest BCUT2D eigenvalue weighted by atomic mass is 35.5. The number of hydrogen-bond donors (Lipinski definition) is 0. The van der Waals surface area contributed by atoms with Crippen LogP contribution in [-0.4, -0.2) is 10.7 Å². The standard InChI is InChI=1S/C19H19ClN2O/c20-17-8-1-13(2-9-17)12-23-22-19(15-5-6-15)16-7-10-18(21-11-16)14-3-4-14/h1-2,7-11,14-15H,3-6,12H2/b22-19-. The summed E-state index contributed by atoms with van der Waals surface area (Å²) in [5, 5.41) is 5.14. The van der Waals surface area contributed by atoms with Crippen molar-refractivity contribution in [3.05, 3.63) is 64.4 Å². The van der Waals surface area contributed by atoms with Crippen molar-refractivity contribution in [1.29, 1.82) is 0 Å². The topological polar surface area (TPSA) is 34.5 Å². The van der Waals surface area contributed by atoms with Crippen LogP contribution in [0.15, 0.2) is 47.8 Å². The molecule has 2 saturated carbocycles. The van der Waals surface area contributed by atoms with E-state index in [1.54, 1.807) is 0 Å². The minimum Gasteiger partial charge on any atom is -0.391 e. The van der Waals surface area contributed by atoms with Crippen LogP contribution in [0.5, 0.6) is 0 Å². The Bertz CT molecular complexity index is 701. The predicted octanol–water partition coefficient (Wildman–Crippen LogP) is 4.94. The van der Waals surface area contributed by atoms with Crippen LogP contribution in [0.1, 0.15) is 48.4 Å². The van der Waals surface area contributed by atoms with E-state index in [1.807, 2.05) is 30.5 Å². The Hall–Kier alpha value is -1.87. The van der Waals surface area contributed by atoms with E-state index in [1.165, 1.54) is 31.4 Å². The molecule has 4 rings (SSSR count). The Morgan fingerprint density at radius 3 is 2.48 bits per heavy atom. The van der Waals surface area contributed by atoms with E-state index >= 15 is 0 Å². The molecule has 0 aliphatic heterocycles. The Morgan fingerprint density at radius 2 is 1.87 bits per heavy atom. The van der Waals surface area contributed by atoms with Gasteiger partial charge in [0.15, 0.2) is 0 Å². The Labute approximate surface area is 141 Å². The van der Waals surface area contributed by atoms with Gasteiger partial charge in [-0.1, -0.05) is 28.9 Å². The van der Waals surface area contributed by atoms with Crippen LogP contribution in [-0.2, 0) is 11.4 Å². The van der Waals surface area contributed by atoms with Gasteiger partial charge >= 0.3 is 0 Å². The summed E-state index contributed by atoms with van der Waals surface area (Å²) in [5.74, 6) is 1.21. The fourth-order valence-electron chi connectivity index (χ4n) is 2.65. The zero-order valence-corrected chi connectivity index (χ0v) is 13.7. The number of halogens is 1. The van der Waals surface area contributed by atoms with Gasteiger partial charge in [0.2, 0.25) is 0 Å². The first kappa shape index (κ1) is 14.7. The molecule has 0 amide bonds. The van der Waals surface area contributed by atoms with Gasteiger partial charge in [-0.3, -0.25) is 4.98 Å². The van der Waals surface area contributed by atoms with Gasteiger partial charge in [-0.15, -0.1) is 0 Å². The highest BCUT2D eigenvalue weighted by Crippen LogP contribution is 2.39. The monoisotopic (exact) mass is 326 g/mol. The van der Waals surface area contributed by atoms with Crippen molar-refractivity contribution in [2.45, 2.75) is 38.2 Å². The maximum Gasteiger partial charge on any atom is 0.142 e. The average Bonchev–Trinajstić information content (AvgIpc) is 3.47. The highest BCUT2D eigenvalue weighted by Gasteiger charge is 2.30. The van der Waals surface area contributed by atoms with E-state index in [2.05, 4.69) is 22.3 Å². The SMILES string of the molecule is Clc1ccc(CO/N=C(\c2ccc(C3CC3)nc2)C2CC2)cc1. The Morgan fingerprint density at radius 1 is 1.09 bits per heavy atom. The Kier molecular flexibility index (Phi) is 4.04. The Balaban J connectivity index is 1.45. The van der Waals surface area contributed by atoms with Crippen LogP contribution in [0.4, 0.5) is 0 Å². The van der Waals surface area contributed by atoms with Crippen LogP contribution >= 0.6 is 11.6 Å². The molecule has 2 aliphatic rings. The van der Waals surface area contributed by atoms with Crippen molar-refractivity contribution < 1.29 is 4.84 Å². The summed E-state index contributed by atoms with van der Waals surface area (Å²) >= 11 is 5.89. The molecule has 23 heavy (non-hydrogen) atoms. The van der Waals surface area contributed by atoms with Crippen LogP contribution in [0.2, 0.25) is 5.02 Å². The summed E-state index contributed by atoms with van der Waals surface area (Å²) in [5.41, 5.74) is 4.41. The van der Waals surface area contributed by atoms with Gasteiger partial charge in [0.25, 0.3) is 0 Å². The molecule has 4 heteroatoms. The van der Waals surface area contributed by atoms with E-state index in [0.29, 0.717) is 18.4 Å². The van der Waals surface area contributed by atoms with Crippen LogP contribution in [0.25, 0.3) is 0 Å². The molecular formula is C19H19ClN2O. The molecule has 0 bridgehead atoms. The van der Waals surface area contributed by atoms with E-state index in [0.717, 1.165) is 21.9 Å². The summed E-state index contributed by atoms with van der Waals surface area (Å²) < 4.78 is 0. The summed E-state index contributed by atoms with van der Waals surface area (Å²) in [7, 11) is 0. The third-order valence-electron chi connectivity index (χ3n) is 4.35. The number of benzene rings is 1. The third-order valence-corrected chi connectivity index (χ3v) is 4.60. The molecule has 1 heterocycles. The van der Waals surface area contributed by atoms with Gasteiger partial charge in [0.05, 0.1) is 5.71 Å². The van der Waals surface area contributed by atoms with E-state index in [-0.39, 0.29) is 0 Å². The molecule has 0 unspecified atom stereocenters. The van der Waals surface area contributed by atoms with Crippen LogP contribution in [0.3, 0.4) is 0 Å². The summed E-state index contributed by atoms with van der Waals surface area (Å²) in [4.78, 5) is 10.2. The molecule has 1 aromatic heterocycles. The fraction of sp³-hybridized carbons (Fsp3) is 0.368. The maximum atomic E-state index is 5.89. The van der Waals surface area contributed by atoms with Gasteiger partial charge in [-0.05, 0) is 55.5 Å². The molecule has 0 spiro atoms. The first-order valence-corrected chi connectivity index (χ1v) is 8.58. The van der Waals surface area contributed by atoms with Crippen molar-refractivity contribution >= 4 is 17.3 Å². The second-order valence-electron chi connectivity index (χ2n) is 6.40. The van der Waals surface area contributed by atoms with Gasteiger partial charge in [-0.25, -0.2) is 0 Å². The van der Waals surface area contributed by atoms with E-state index < -0.39 is 0 Å². The van der Waals surface area contributed by atoms with Crippen molar-refractivity contribution in [1.82, 2.24) is 4.98 Å². The number of pyridine rings is 1. The molecule has 2 aliphatic carbocycles. The fourth-order valence-corrected chi connectivity index (χ4v) is 2.78. The highest BCUT2D eigenvalue weighted by molar-refractivity contribution is 6.30. The van der Waals surface area contributed by atoms with Crippen LogP contribution < -0.4 is 0 Å². The van der Waals surface area contributed by atoms with Crippen molar-refractivity contribution in [3.8, 4) is 0 Å². The summed E-state index contributed by atoms with van der Waals surface area (Å²) in [6.07, 6.45) is 6.89. The lowest BCUT2D eigenvalue weighted by Crippen LogP contribution is -2.06. The number of hydrogen-bond acceptors (Lipinski definition) is 3. The first-order chi connectivity index (χ1) is 11.3. The predicted molar refractivity (Wildman–Crippen MR) is 91.7 cm³/mol. The molecule has 0 radical (unpaired) electrons. The quantitative estimate of drug-likeness (QED) is 0.556. The van der Waals surface area contributed by atoms with E-state index in [9.17, 15) is 0 Å². The largest absolute Gasteiger partial charge is 0.391 e. The lowest BCUT2D eigenvalue weighted by atomic mass is 10.1. The second-order valence-corrected chi connectivity index (χ2v) is 6.83. The molecule has 1 aromatic carbocycles.